The Morgan fingerprint density at radius 1 is 1.21 bits per heavy atom. The largest absolute Gasteiger partial charge is 0.293 e. The van der Waals surface area contributed by atoms with Gasteiger partial charge in [-0.05, 0) is 25.0 Å². The number of carbonyl (C=O) groups excluding carboxylic acids is 1. The standard InChI is InChI=1S/C13H14F2O3S/c14-9-5-6-11(12(15)7-9)13(16)8-19(17,18)10-3-1-2-4-10/h5-7,10H,1-4,8H2. The van der Waals surface area contributed by atoms with Gasteiger partial charge in [0.2, 0.25) is 0 Å². The van der Waals surface area contributed by atoms with Crippen molar-refractivity contribution in [2.45, 2.75) is 30.9 Å². The molecule has 1 saturated carbocycles. The molecule has 0 unspecified atom stereocenters. The van der Waals surface area contributed by atoms with Crippen LogP contribution in [0.3, 0.4) is 0 Å². The third-order valence-electron chi connectivity index (χ3n) is 3.37. The van der Waals surface area contributed by atoms with Gasteiger partial charge in [0, 0.05) is 6.07 Å². The second-order valence-corrected chi connectivity index (χ2v) is 7.04. The monoisotopic (exact) mass is 288 g/mol. The van der Waals surface area contributed by atoms with Gasteiger partial charge < -0.3 is 0 Å². The minimum atomic E-state index is -3.54. The zero-order chi connectivity index (χ0) is 14.0. The van der Waals surface area contributed by atoms with Crippen molar-refractivity contribution in [3.8, 4) is 0 Å². The Morgan fingerprint density at radius 2 is 1.84 bits per heavy atom. The maximum atomic E-state index is 13.4. The fourth-order valence-electron chi connectivity index (χ4n) is 2.34. The summed E-state index contributed by atoms with van der Waals surface area (Å²) in [6.07, 6.45) is 2.79. The fraction of sp³-hybridized carbons (Fsp3) is 0.462. The molecule has 104 valence electrons. The molecule has 19 heavy (non-hydrogen) atoms. The highest BCUT2D eigenvalue weighted by atomic mass is 32.2. The van der Waals surface area contributed by atoms with E-state index in [9.17, 15) is 22.0 Å². The van der Waals surface area contributed by atoms with E-state index in [4.69, 9.17) is 0 Å². The number of halogens is 2. The number of Topliss-reactive ketones (excluding diaryl/α,β-unsaturated/α-hetero) is 1. The summed E-state index contributed by atoms with van der Waals surface area (Å²) in [6.45, 7) is 0. The molecule has 0 atom stereocenters. The van der Waals surface area contributed by atoms with Gasteiger partial charge in [-0.2, -0.15) is 0 Å². The Bertz CT molecular complexity index is 590. The van der Waals surface area contributed by atoms with Crippen LogP contribution in [0.1, 0.15) is 36.0 Å². The van der Waals surface area contributed by atoms with E-state index in [-0.39, 0.29) is 5.56 Å². The average molecular weight is 288 g/mol. The fourth-order valence-corrected chi connectivity index (χ4v) is 4.15. The molecule has 0 spiro atoms. The number of carbonyl (C=O) groups is 1. The molecule has 0 bridgehead atoms. The first kappa shape index (κ1) is 14.1. The van der Waals surface area contributed by atoms with Crippen molar-refractivity contribution in [2.75, 3.05) is 5.75 Å². The minimum absolute atomic E-state index is 0.372. The zero-order valence-corrected chi connectivity index (χ0v) is 11.1. The molecule has 0 saturated heterocycles. The minimum Gasteiger partial charge on any atom is -0.293 e. The lowest BCUT2D eigenvalue weighted by molar-refractivity contribution is 0.101. The number of hydrogen-bond acceptors (Lipinski definition) is 3. The molecule has 1 aromatic carbocycles. The van der Waals surface area contributed by atoms with Crippen LogP contribution in [0.15, 0.2) is 18.2 Å². The van der Waals surface area contributed by atoms with E-state index in [2.05, 4.69) is 0 Å². The zero-order valence-electron chi connectivity index (χ0n) is 10.2. The molecule has 1 aliphatic rings. The van der Waals surface area contributed by atoms with Crippen LogP contribution < -0.4 is 0 Å². The van der Waals surface area contributed by atoms with Crippen molar-refractivity contribution >= 4 is 15.6 Å². The highest BCUT2D eigenvalue weighted by Crippen LogP contribution is 2.25. The summed E-state index contributed by atoms with van der Waals surface area (Å²) in [5.41, 5.74) is -0.372. The molecule has 0 heterocycles. The van der Waals surface area contributed by atoms with Crippen molar-refractivity contribution in [1.29, 1.82) is 0 Å². The smallest absolute Gasteiger partial charge is 0.180 e. The molecule has 0 radical (unpaired) electrons. The van der Waals surface area contributed by atoms with Gasteiger partial charge in [0.25, 0.3) is 0 Å². The highest BCUT2D eigenvalue weighted by Gasteiger charge is 2.31. The van der Waals surface area contributed by atoms with Crippen molar-refractivity contribution in [1.82, 2.24) is 0 Å². The van der Waals surface area contributed by atoms with E-state index < -0.39 is 38.3 Å². The van der Waals surface area contributed by atoms with Gasteiger partial charge in [-0.3, -0.25) is 4.79 Å². The van der Waals surface area contributed by atoms with E-state index in [0.717, 1.165) is 25.0 Å². The van der Waals surface area contributed by atoms with Gasteiger partial charge in [0.1, 0.15) is 17.4 Å². The third kappa shape index (κ3) is 3.18. The summed E-state index contributed by atoms with van der Waals surface area (Å²) in [6, 6.07) is 2.51. The molecule has 6 heteroatoms. The van der Waals surface area contributed by atoms with E-state index in [0.29, 0.717) is 18.9 Å². The Kier molecular flexibility index (Phi) is 3.99. The van der Waals surface area contributed by atoms with Crippen LogP contribution in [-0.4, -0.2) is 25.2 Å². The predicted molar refractivity (Wildman–Crippen MR) is 66.7 cm³/mol. The predicted octanol–water partition coefficient (Wildman–Crippen LogP) is 2.50. The topological polar surface area (TPSA) is 51.2 Å². The maximum Gasteiger partial charge on any atom is 0.180 e. The maximum absolute atomic E-state index is 13.4. The van der Waals surface area contributed by atoms with E-state index in [1.165, 1.54) is 0 Å². The van der Waals surface area contributed by atoms with Gasteiger partial charge in [-0.1, -0.05) is 12.8 Å². The summed E-state index contributed by atoms with van der Waals surface area (Å²) in [7, 11) is -3.54. The Labute approximate surface area is 110 Å². The molecular weight excluding hydrogens is 274 g/mol. The highest BCUT2D eigenvalue weighted by molar-refractivity contribution is 7.92. The molecule has 0 amide bonds. The van der Waals surface area contributed by atoms with Crippen molar-refractivity contribution in [3.05, 3.63) is 35.4 Å². The van der Waals surface area contributed by atoms with Crippen molar-refractivity contribution in [3.63, 3.8) is 0 Å². The molecule has 0 aromatic heterocycles. The lowest BCUT2D eigenvalue weighted by Crippen LogP contribution is -2.26. The van der Waals surface area contributed by atoms with E-state index in [1.54, 1.807) is 0 Å². The van der Waals surface area contributed by atoms with Crippen LogP contribution in [0.25, 0.3) is 0 Å². The van der Waals surface area contributed by atoms with Crippen LogP contribution in [0.4, 0.5) is 8.78 Å². The average Bonchev–Trinajstić information content (AvgIpc) is 2.81. The van der Waals surface area contributed by atoms with Crippen LogP contribution in [0.5, 0.6) is 0 Å². The van der Waals surface area contributed by atoms with Crippen LogP contribution in [0, 0.1) is 11.6 Å². The summed E-state index contributed by atoms with van der Waals surface area (Å²) < 4.78 is 50.1. The lowest BCUT2D eigenvalue weighted by atomic mass is 10.1. The quantitative estimate of drug-likeness (QED) is 0.800. The van der Waals surface area contributed by atoms with Gasteiger partial charge in [-0.25, -0.2) is 17.2 Å². The molecule has 0 aliphatic heterocycles. The Morgan fingerprint density at radius 3 is 2.42 bits per heavy atom. The van der Waals surface area contributed by atoms with Crippen LogP contribution in [0.2, 0.25) is 0 Å². The lowest BCUT2D eigenvalue weighted by Gasteiger charge is -2.10. The molecule has 0 N–H and O–H groups in total. The first-order chi connectivity index (χ1) is 8.90. The molecule has 1 aliphatic carbocycles. The van der Waals surface area contributed by atoms with Crippen molar-refractivity contribution in [2.24, 2.45) is 0 Å². The summed E-state index contributed by atoms with van der Waals surface area (Å²) in [5, 5.41) is -0.500. The molecule has 1 fully saturated rings. The number of sulfone groups is 1. The van der Waals surface area contributed by atoms with E-state index in [1.807, 2.05) is 0 Å². The SMILES string of the molecule is O=C(CS(=O)(=O)C1CCCC1)c1ccc(F)cc1F. The van der Waals surface area contributed by atoms with Crippen LogP contribution >= 0.6 is 0 Å². The van der Waals surface area contributed by atoms with E-state index >= 15 is 0 Å². The van der Waals surface area contributed by atoms with Gasteiger partial charge in [-0.15, -0.1) is 0 Å². The number of hydrogen-bond donors (Lipinski definition) is 0. The summed E-state index contributed by atoms with van der Waals surface area (Å²) in [5.74, 6) is -3.34. The van der Waals surface area contributed by atoms with Gasteiger partial charge in [0.15, 0.2) is 15.6 Å². The number of rotatable bonds is 4. The summed E-state index contributed by atoms with van der Waals surface area (Å²) in [4.78, 5) is 11.8. The second-order valence-electron chi connectivity index (χ2n) is 4.76. The van der Waals surface area contributed by atoms with Gasteiger partial charge >= 0.3 is 0 Å². The second kappa shape index (κ2) is 5.36. The first-order valence-electron chi connectivity index (χ1n) is 6.10. The first-order valence-corrected chi connectivity index (χ1v) is 7.81. The Hall–Kier alpha value is -1.30. The van der Waals surface area contributed by atoms with Crippen molar-refractivity contribution < 1.29 is 22.0 Å². The molecular formula is C13H14F2O3S. The normalized spacial score (nSPS) is 16.7. The molecule has 2 rings (SSSR count). The third-order valence-corrected chi connectivity index (χ3v) is 5.53. The summed E-state index contributed by atoms with van der Waals surface area (Å²) >= 11 is 0. The Balaban J connectivity index is 2.16. The van der Waals surface area contributed by atoms with Gasteiger partial charge in [0.05, 0.1) is 10.8 Å². The number of ketones is 1. The number of benzene rings is 1. The molecule has 3 nitrogen and oxygen atoms in total. The van der Waals surface area contributed by atoms with Crippen LogP contribution in [-0.2, 0) is 9.84 Å². The molecule has 1 aromatic rings.